The van der Waals surface area contributed by atoms with E-state index in [1.165, 1.54) is 11.3 Å². The van der Waals surface area contributed by atoms with Crippen molar-refractivity contribution in [1.29, 1.82) is 0 Å². The van der Waals surface area contributed by atoms with E-state index < -0.39 is 0 Å². The zero-order chi connectivity index (χ0) is 20.5. The number of anilines is 1. The van der Waals surface area contributed by atoms with E-state index in [1.807, 2.05) is 18.3 Å². The maximum atomic E-state index is 5.82. The highest BCUT2D eigenvalue weighted by atomic mass is 32.1. The Bertz CT molecular complexity index is 976. The summed E-state index contributed by atoms with van der Waals surface area (Å²) >= 11 is 5.82. The van der Waals surface area contributed by atoms with Crippen LogP contribution in [0.2, 0.25) is 0 Å². The smallest absolute Gasteiger partial charge is 0.174 e. The Balaban J connectivity index is 1.82. The first-order chi connectivity index (χ1) is 14.0. The monoisotopic (exact) mass is 404 g/mol. The predicted molar refractivity (Wildman–Crippen MR) is 123 cm³/mol. The van der Waals surface area contributed by atoms with E-state index >= 15 is 0 Å². The molecule has 4 nitrogen and oxygen atoms in total. The second-order valence-corrected chi connectivity index (χ2v) is 8.56. The highest BCUT2D eigenvalue weighted by molar-refractivity contribution is 7.80. The fourth-order valence-corrected chi connectivity index (χ4v) is 4.43. The molecule has 0 saturated carbocycles. The summed E-state index contributed by atoms with van der Waals surface area (Å²) in [6.07, 6.45) is 4.00. The van der Waals surface area contributed by atoms with Crippen LogP contribution in [-0.2, 0) is 0 Å². The molecule has 3 aromatic rings. The van der Waals surface area contributed by atoms with Gasteiger partial charge in [-0.15, -0.1) is 0 Å². The molecule has 0 unspecified atom stereocenters. The number of hydrogen-bond acceptors (Lipinski definition) is 2. The minimum Gasteiger partial charge on any atom is -0.351 e. The molecule has 29 heavy (non-hydrogen) atoms. The maximum Gasteiger partial charge on any atom is 0.174 e. The lowest BCUT2D eigenvalue weighted by Gasteiger charge is -2.30. The van der Waals surface area contributed by atoms with Crippen molar-refractivity contribution in [3.63, 3.8) is 0 Å². The molecule has 2 atom stereocenters. The second kappa shape index (κ2) is 7.99. The first-order valence-electron chi connectivity index (χ1n) is 10.2. The van der Waals surface area contributed by atoms with Crippen molar-refractivity contribution in [2.45, 2.75) is 51.7 Å². The zero-order valence-corrected chi connectivity index (χ0v) is 18.2. The second-order valence-electron chi connectivity index (χ2n) is 8.18. The van der Waals surface area contributed by atoms with Gasteiger partial charge in [-0.25, -0.2) is 0 Å². The van der Waals surface area contributed by atoms with Crippen molar-refractivity contribution >= 4 is 23.0 Å². The van der Waals surface area contributed by atoms with Crippen LogP contribution in [0.3, 0.4) is 0 Å². The molecule has 150 valence electrons. The van der Waals surface area contributed by atoms with Gasteiger partial charge >= 0.3 is 0 Å². The molecule has 3 heterocycles. The third kappa shape index (κ3) is 3.67. The Morgan fingerprint density at radius 1 is 0.966 bits per heavy atom. The molecule has 0 radical (unpaired) electrons. The molecule has 1 aliphatic heterocycles. The Labute approximate surface area is 178 Å². The highest BCUT2D eigenvalue weighted by Crippen LogP contribution is 2.42. The third-order valence-corrected chi connectivity index (χ3v) is 5.92. The normalized spacial score (nSPS) is 19.2. The number of pyridine rings is 1. The van der Waals surface area contributed by atoms with Crippen LogP contribution in [0.4, 0.5) is 5.69 Å². The molecule has 0 aliphatic carbocycles. The lowest BCUT2D eigenvalue weighted by molar-refractivity contribution is 0.497. The van der Waals surface area contributed by atoms with Crippen LogP contribution in [0.15, 0.2) is 67.0 Å². The number of hydrogen-bond donors (Lipinski definition) is 1. The van der Waals surface area contributed by atoms with Gasteiger partial charge in [-0.1, -0.05) is 32.0 Å². The number of nitrogens with one attached hydrogen (secondary N) is 1. The Hall–Kier alpha value is -2.66. The first-order valence-corrected chi connectivity index (χ1v) is 10.7. The van der Waals surface area contributed by atoms with Gasteiger partial charge in [0, 0.05) is 29.8 Å². The molecule has 2 aromatic heterocycles. The van der Waals surface area contributed by atoms with E-state index in [2.05, 4.69) is 96.1 Å². The average molecular weight is 405 g/mol. The number of benzene rings is 1. The molecule has 4 rings (SSSR count). The third-order valence-electron chi connectivity index (χ3n) is 5.61. The largest absolute Gasteiger partial charge is 0.351 e. The van der Waals surface area contributed by atoms with E-state index in [1.54, 1.807) is 0 Å². The van der Waals surface area contributed by atoms with Gasteiger partial charge in [0.15, 0.2) is 5.11 Å². The summed E-state index contributed by atoms with van der Waals surface area (Å²) in [6.45, 7) is 8.85. The SMILES string of the molecule is CC(C)c1ccc(N2C(=S)N[C@H](c3ccccn3)[C@H]2c2cccn2C(C)C)cc1. The molecule has 0 amide bonds. The van der Waals surface area contributed by atoms with Gasteiger partial charge in [0.25, 0.3) is 0 Å². The zero-order valence-electron chi connectivity index (χ0n) is 17.4. The van der Waals surface area contributed by atoms with Gasteiger partial charge in [0.05, 0.1) is 11.7 Å². The van der Waals surface area contributed by atoms with Crippen molar-refractivity contribution in [1.82, 2.24) is 14.9 Å². The van der Waals surface area contributed by atoms with Crippen molar-refractivity contribution < 1.29 is 0 Å². The summed E-state index contributed by atoms with van der Waals surface area (Å²) in [5.74, 6) is 0.503. The van der Waals surface area contributed by atoms with Gasteiger partial charge in [0.1, 0.15) is 6.04 Å². The van der Waals surface area contributed by atoms with Crippen LogP contribution in [0.1, 0.15) is 68.7 Å². The van der Waals surface area contributed by atoms with E-state index in [0.717, 1.165) is 16.5 Å². The van der Waals surface area contributed by atoms with Crippen molar-refractivity contribution in [3.05, 3.63) is 83.9 Å². The Morgan fingerprint density at radius 2 is 1.72 bits per heavy atom. The molecule has 1 aromatic carbocycles. The standard InChI is InChI=1S/C24H28N4S/c1-16(2)18-10-12-19(13-11-18)28-23(21-9-7-15-27(21)17(3)4)22(26-24(28)29)20-8-5-6-14-25-20/h5-17,22-23H,1-4H3,(H,26,29)/t22-,23-/m1/s1. The average Bonchev–Trinajstić information content (AvgIpc) is 3.33. The number of rotatable bonds is 5. The van der Waals surface area contributed by atoms with Crippen LogP contribution in [0.5, 0.6) is 0 Å². The summed E-state index contributed by atoms with van der Waals surface area (Å²) in [7, 11) is 0. The van der Waals surface area contributed by atoms with Gasteiger partial charge in [-0.3, -0.25) is 4.98 Å². The first kappa shape index (κ1) is 19.6. The van der Waals surface area contributed by atoms with Gasteiger partial charge in [-0.05, 0) is 73.9 Å². The molecule has 1 saturated heterocycles. The molecule has 1 fully saturated rings. The van der Waals surface area contributed by atoms with Crippen molar-refractivity contribution in [2.24, 2.45) is 0 Å². The van der Waals surface area contributed by atoms with Gasteiger partial charge < -0.3 is 14.8 Å². The quantitative estimate of drug-likeness (QED) is 0.548. The summed E-state index contributed by atoms with van der Waals surface area (Å²) in [5, 5.41) is 4.28. The number of nitrogens with zero attached hydrogens (tertiary/aromatic N) is 3. The highest BCUT2D eigenvalue weighted by Gasteiger charge is 2.42. The summed E-state index contributed by atoms with van der Waals surface area (Å²) < 4.78 is 2.33. The van der Waals surface area contributed by atoms with E-state index in [-0.39, 0.29) is 12.1 Å². The molecular formula is C24H28N4S. The molecule has 1 N–H and O–H groups in total. The fraction of sp³-hybridized carbons (Fsp3) is 0.333. The lowest BCUT2D eigenvalue weighted by atomic mass is 9.99. The van der Waals surface area contributed by atoms with Gasteiger partial charge in [-0.2, -0.15) is 0 Å². The maximum absolute atomic E-state index is 5.82. The predicted octanol–water partition coefficient (Wildman–Crippen LogP) is 5.76. The minimum absolute atomic E-state index is 0.0131. The minimum atomic E-state index is -0.0131. The molecule has 0 spiro atoms. The van der Waals surface area contributed by atoms with E-state index in [0.29, 0.717) is 12.0 Å². The van der Waals surface area contributed by atoms with Crippen molar-refractivity contribution in [2.75, 3.05) is 4.90 Å². The van der Waals surface area contributed by atoms with Crippen LogP contribution < -0.4 is 10.2 Å². The lowest BCUT2D eigenvalue weighted by Crippen LogP contribution is -2.30. The Morgan fingerprint density at radius 3 is 2.34 bits per heavy atom. The van der Waals surface area contributed by atoms with Gasteiger partial charge in [0.2, 0.25) is 0 Å². The van der Waals surface area contributed by atoms with Crippen molar-refractivity contribution in [3.8, 4) is 0 Å². The Kier molecular flexibility index (Phi) is 5.41. The molecule has 5 heteroatoms. The van der Waals surface area contributed by atoms with Crippen LogP contribution in [-0.4, -0.2) is 14.7 Å². The summed E-state index contributed by atoms with van der Waals surface area (Å²) in [5.41, 5.74) is 4.66. The number of thiocarbonyl (C=S) groups is 1. The molecule has 0 bridgehead atoms. The van der Waals surface area contributed by atoms with Crippen LogP contribution >= 0.6 is 12.2 Å². The molecular weight excluding hydrogens is 376 g/mol. The van der Waals surface area contributed by atoms with Crippen LogP contribution in [0, 0.1) is 0 Å². The van der Waals surface area contributed by atoms with E-state index in [4.69, 9.17) is 12.2 Å². The topological polar surface area (TPSA) is 33.1 Å². The summed E-state index contributed by atoms with van der Waals surface area (Å²) in [6, 6.07) is 19.5. The van der Waals surface area contributed by atoms with E-state index in [9.17, 15) is 0 Å². The fourth-order valence-electron chi connectivity index (χ4n) is 4.08. The molecule has 1 aliphatic rings. The number of aromatic nitrogens is 2. The van der Waals surface area contributed by atoms with Crippen LogP contribution in [0.25, 0.3) is 0 Å². The summed E-state index contributed by atoms with van der Waals surface area (Å²) in [4.78, 5) is 6.88.